The van der Waals surface area contributed by atoms with Crippen LogP contribution in [0, 0.1) is 0 Å². The molecule has 1 aliphatic rings. The van der Waals surface area contributed by atoms with Gasteiger partial charge in [0.2, 0.25) is 6.29 Å². The van der Waals surface area contributed by atoms with Gasteiger partial charge in [0.15, 0.2) is 6.10 Å². The summed E-state index contributed by atoms with van der Waals surface area (Å²) in [7, 11) is 0. The summed E-state index contributed by atoms with van der Waals surface area (Å²) in [4.78, 5) is 21.4. The van der Waals surface area contributed by atoms with Crippen molar-refractivity contribution in [2.24, 2.45) is 0 Å². The van der Waals surface area contributed by atoms with E-state index in [4.69, 9.17) is 14.2 Å². The van der Waals surface area contributed by atoms with Gasteiger partial charge < -0.3 is 14.2 Å². The molecule has 0 saturated carbocycles. The van der Waals surface area contributed by atoms with Crippen LogP contribution in [0.25, 0.3) is 0 Å². The van der Waals surface area contributed by atoms with Crippen LogP contribution >= 0.6 is 0 Å². The summed E-state index contributed by atoms with van der Waals surface area (Å²) >= 11 is 0. The van der Waals surface area contributed by atoms with Crippen molar-refractivity contribution in [2.75, 3.05) is 0 Å². The Morgan fingerprint density at radius 2 is 1.79 bits per heavy atom. The maximum absolute atomic E-state index is 10.7. The van der Waals surface area contributed by atoms with Crippen molar-refractivity contribution in [1.82, 2.24) is 0 Å². The van der Waals surface area contributed by atoms with Crippen LogP contribution in [0.3, 0.4) is 0 Å². The fraction of sp³-hybridized carbons (Fsp3) is 0.778. The maximum atomic E-state index is 10.7. The molecular weight excluding hydrogens is 188 g/mol. The molecule has 0 aliphatic carbocycles. The molecule has 0 bridgehead atoms. The molecule has 1 saturated heterocycles. The standard InChI is InChI=1S/C9H14O5/c1-5-4-8(13-6(2)10)9(12-5)14-7(3)11/h5,8-9H,4H2,1-3H3/t5-,8-,9?/m1/s1. The molecule has 1 aliphatic heterocycles. The van der Waals surface area contributed by atoms with E-state index in [1.165, 1.54) is 13.8 Å². The van der Waals surface area contributed by atoms with Crippen molar-refractivity contribution in [3.05, 3.63) is 0 Å². The number of rotatable bonds is 2. The monoisotopic (exact) mass is 202 g/mol. The molecule has 0 aromatic carbocycles. The molecule has 14 heavy (non-hydrogen) atoms. The molecule has 1 heterocycles. The van der Waals surface area contributed by atoms with Crippen LogP contribution in [0.2, 0.25) is 0 Å². The minimum atomic E-state index is -0.758. The summed E-state index contributed by atoms with van der Waals surface area (Å²) in [5.74, 6) is -0.842. The molecule has 0 radical (unpaired) electrons. The fourth-order valence-electron chi connectivity index (χ4n) is 1.39. The first-order chi connectivity index (χ1) is 6.49. The largest absolute Gasteiger partial charge is 0.456 e. The van der Waals surface area contributed by atoms with E-state index >= 15 is 0 Å². The Hall–Kier alpha value is -1.10. The van der Waals surface area contributed by atoms with E-state index in [0.29, 0.717) is 6.42 Å². The van der Waals surface area contributed by atoms with Crippen LogP contribution in [-0.2, 0) is 23.8 Å². The minimum Gasteiger partial charge on any atom is -0.456 e. The Morgan fingerprint density at radius 1 is 1.21 bits per heavy atom. The third-order valence-corrected chi connectivity index (χ3v) is 1.83. The third kappa shape index (κ3) is 2.99. The molecule has 0 amide bonds. The first-order valence-corrected chi connectivity index (χ1v) is 4.49. The second kappa shape index (κ2) is 4.41. The molecule has 5 nitrogen and oxygen atoms in total. The minimum absolute atomic E-state index is 0.0660. The van der Waals surface area contributed by atoms with Crippen LogP contribution < -0.4 is 0 Å². The lowest BCUT2D eigenvalue weighted by atomic mass is 10.2. The number of hydrogen-bond donors (Lipinski definition) is 0. The first kappa shape index (κ1) is 11.0. The number of esters is 2. The van der Waals surface area contributed by atoms with Crippen molar-refractivity contribution in [3.8, 4) is 0 Å². The van der Waals surface area contributed by atoms with Crippen LogP contribution in [0.5, 0.6) is 0 Å². The highest BCUT2D eigenvalue weighted by Crippen LogP contribution is 2.24. The van der Waals surface area contributed by atoms with Gasteiger partial charge >= 0.3 is 11.9 Å². The van der Waals surface area contributed by atoms with Crippen molar-refractivity contribution in [1.29, 1.82) is 0 Å². The summed E-state index contributed by atoms with van der Waals surface area (Å²) < 4.78 is 15.1. The van der Waals surface area contributed by atoms with E-state index in [1.807, 2.05) is 6.92 Å². The molecule has 1 unspecified atom stereocenters. The lowest BCUT2D eigenvalue weighted by molar-refractivity contribution is -0.193. The second-order valence-electron chi connectivity index (χ2n) is 3.31. The molecule has 0 spiro atoms. The van der Waals surface area contributed by atoms with Gasteiger partial charge in [-0.25, -0.2) is 0 Å². The van der Waals surface area contributed by atoms with Gasteiger partial charge in [0, 0.05) is 20.3 Å². The van der Waals surface area contributed by atoms with Gasteiger partial charge in [0.05, 0.1) is 6.10 Å². The highest BCUT2D eigenvalue weighted by molar-refractivity contribution is 5.67. The van der Waals surface area contributed by atoms with Gasteiger partial charge in [-0.3, -0.25) is 9.59 Å². The van der Waals surface area contributed by atoms with Crippen molar-refractivity contribution < 1.29 is 23.8 Å². The summed E-state index contributed by atoms with van der Waals surface area (Å²) in [6, 6.07) is 0. The lowest BCUT2D eigenvalue weighted by Crippen LogP contribution is -2.30. The van der Waals surface area contributed by atoms with Crippen molar-refractivity contribution in [2.45, 2.75) is 45.7 Å². The Labute approximate surface area is 82.3 Å². The zero-order chi connectivity index (χ0) is 10.7. The van der Waals surface area contributed by atoms with Crippen LogP contribution in [-0.4, -0.2) is 30.4 Å². The fourth-order valence-corrected chi connectivity index (χ4v) is 1.39. The molecule has 0 aromatic heterocycles. The normalized spacial score (nSPS) is 31.2. The molecule has 80 valence electrons. The van der Waals surface area contributed by atoms with Gasteiger partial charge in [-0.15, -0.1) is 0 Å². The maximum Gasteiger partial charge on any atom is 0.305 e. The van der Waals surface area contributed by atoms with E-state index in [9.17, 15) is 9.59 Å². The van der Waals surface area contributed by atoms with Crippen LogP contribution in [0.15, 0.2) is 0 Å². The van der Waals surface area contributed by atoms with Gasteiger partial charge in [-0.1, -0.05) is 0 Å². The quantitative estimate of drug-likeness (QED) is 0.614. The van der Waals surface area contributed by atoms with Crippen molar-refractivity contribution in [3.63, 3.8) is 0 Å². The SMILES string of the molecule is CC(=O)OC1O[C@H](C)C[C@H]1OC(C)=O. The van der Waals surface area contributed by atoms with Gasteiger partial charge in [0.25, 0.3) is 0 Å². The molecule has 1 rings (SSSR count). The van der Waals surface area contributed by atoms with Gasteiger partial charge in [-0.05, 0) is 6.92 Å². The lowest BCUT2D eigenvalue weighted by Gasteiger charge is -2.17. The first-order valence-electron chi connectivity index (χ1n) is 4.49. The number of carbonyl (C=O) groups is 2. The summed E-state index contributed by atoms with van der Waals surface area (Å²) in [6.45, 7) is 4.44. The average molecular weight is 202 g/mol. The predicted molar refractivity (Wildman–Crippen MR) is 46.3 cm³/mol. The zero-order valence-corrected chi connectivity index (χ0v) is 8.48. The van der Waals surface area contributed by atoms with Crippen molar-refractivity contribution >= 4 is 11.9 Å². The zero-order valence-electron chi connectivity index (χ0n) is 8.48. The molecule has 3 atom stereocenters. The highest BCUT2D eigenvalue weighted by Gasteiger charge is 2.37. The number of carbonyl (C=O) groups excluding carboxylic acids is 2. The van der Waals surface area contributed by atoms with E-state index < -0.39 is 24.3 Å². The van der Waals surface area contributed by atoms with Gasteiger partial charge in [-0.2, -0.15) is 0 Å². The average Bonchev–Trinajstić information content (AvgIpc) is 2.28. The molecule has 0 N–H and O–H groups in total. The molecule has 0 aromatic rings. The summed E-state index contributed by atoms with van der Waals surface area (Å²) in [5, 5.41) is 0. The summed E-state index contributed by atoms with van der Waals surface area (Å²) in [5.41, 5.74) is 0. The predicted octanol–water partition coefficient (Wildman–Crippen LogP) is 0.616. The number of ether oxygens (including phenoxy) is 3. The van der Waals surface area contributed by atoms with Gasteiger partial charge in [0.1, 0.15) is 0 Å². The smallest absolute Gasteiger partial charge is 0.305 e. The number of hydrogen-bond acceptors (Lipinski definition) is 5. The van der Waals surface area contributed by atoms with Crippen LogP contribution in [0.1, 0.15) is 27.2 Å². The molecule has 5 heteroatoms. The Kier molecular flexibility index (Phi) is 3.46. The third-order valence-electron chi connectivity index (χ3n) is 1.83. The van der Waals surface area contributed by atoms with E-state index in [1.54, 1.807) is 0 Å². The second-order valence-corrected chi connectivity index (χ2v) is 3.31. The molecular formula is C9H14O5. The van der Waals surface area contributed by atoms with E-state index in [2.05, 4.69) is 0 Å². The van der Waals surface area contributed by atoms with E-state index in [-0.39, 0.29) is 6.10 Å². The Balaban J connectivity index is 2.53. The Morgan fingerprint density at radius 3 is 2.29 bits per heavy atom. The van der Waals surface area contributed by atoms with Crippen LogP contribution in [0.4, 0.5) is 0 Å². The molecule has 1 fully saturated rings. The van der Waals surface area contributed by atoms with E-state index in [0.717, 1.165) is 0 Å². The Bertz CT molecular complexity index is 213. The highest BCUT2D eigenvalue weighted by atomic mass is 16.7. The topological polar surface area (TPSA) is 61.8 Å². The summed E-state index contributed by atoms with van der Waals surface area (Å²) in [6.07, 6.45) is -0.751.